The Morgan fingerprint density at radius 1 is 1.17 bits per heavy atom. The molecular weight excluding hydrogens is 366 g/mol. The van der Waals surface area contributed by atoms with E-state index in [9.17, 15) is 4.79 Å². The molecule has 7 heteroatoms. The third-order valence-electron chi connectivity index (χ3n) is 5.37. The Bertz CT molecular complexity index is 1160. The molecule has 1 saturated heterocycles. The Hall–Kier alpha value is -3.48. The van der Waals surface area contributed by atoms with Crippen molar-refractivity contribution in [1.29, 1.82) is 0 Å². The van der Waals surface area contributed by atoms with Crippen LogP contribution in [0.2, 0.25) is 0 Å². The van der Waals surface area contributed by atoms with Crippen LogP contribution in [0, 0.1) is 6.92 Å². The molecule has 0 radical (unpaired) electrons. The third kappa shape index (κ3) is 3.40. The van der Waals surface area contributed by atoms with Gasteiger partial charge in [0.25, 0.3) is 5.91 Å². The molecule has 0 saturated carbocycles. The Morgan fingerprint density at radius 2 is 2.10 bits per heavy atom. The van der Waals surface area contributed by atoms with Crippen LogP contribution in [0.25, 0.3) is 16.8 Å². The number of nitrogens with zero attached hydrogens (tertiary/aromatic N) is 5. The highest BCUT2D eigenvalue weighted by Crippen LogP contribution is 2.27. The van der Waals surface area contributed by atoms with E-state index >= 15 is 0 Å². The molecule has 1 atom stereocenters. The number of hydrogen-bond donors (Lipinski definition) is 0. The number of carbonyl (C=O) groups is 1. The van der Waals surface area contributed by atoms with Crippen LogP contribution in [0.5, 0.6) is 0 Å². The highest BCUT2D eigenvalue weighted by Gasteiger charge is 2.29. The molecule has 0 N–H and O–H groups in total. The Kier molecular flexibility index (Phi) is 4.35. The fourth-order valence-electron chi connectivity index (χ4n) is 3.86. The van der Waals surface area contributed by atoms with Gasteiger partial charge in [-0.15, -0.1) is 0 Å². The number of aryl methyl sites for hydroxylation is 1. The maximum atomic E-state index is 12.7. The number of hydrogen-bond acceptors (Lipinski definition) is 5. The van der Waals surface area contributed by atoms with Crippen molar-refractivity contribution in [3.05, 3.63) is 72.3 Å². The van der Waals surface area contributed by atoms with E-state index in [0.717, 1.165) is 47.7 Å². The Morgan fingerprint density at radius 3 is 2.90 bits per heavy atom. The molecule has 1 amide bonds. The van der Waals surface area contributed by atoms with Gasteiger partial charge in [0.15, 0.2) is 17.2 Å². The first-order valence-corrected chi connectivity index (χ1v) is 9.80. The molecule has 0 aromatic carbocycles. The van der Waals surface area contributed by atoms with E-state index in [4.69, 9.17) is 14.5 Å². The van der Waals surface area contributed by atoms with Crippen LogP contribution in [0.15, 0.2) is 59.4 Å². The van der Waals surface area contributed by atoms with Crippen molar-refractivity contribution < 1.29 is 9.21 Å². The number of fused-ring (bicyclic) bond motifs is 1. The summed E-state index contributed by atoms with van der Waals surface area (Å²) in [5.41, 5.74) is 2.88. The lowest BCUT2D eigenvalue weighted by molar-refractivity contribution is 0.0671. The third-order valence-corrected chi connectivity index (χ3v) is 5.37. The number of furan rings is 1. The van der Waals surface area contributed by atoms with Crippen molar-refractivity contribution in [2.45, 2.75) is 25.7 Å². The maximum Gasteiger partial charge on any atom is 0.289 e. The summed E-state index contributed by atoms with van der Waals surface area (Å²) in [6.45, 7) is 3.18. The van der Waals surface area contributed by atoms with Crippen molar-refractivity contribution in [3.63, 3.8) is 0 Å². The summed E-state index contributed by atoms with van der Waals surface area (Å²) < 4.78 is 7.32. The molecule has 1 fully saturated rings. The number of rotatable bonds is 3. The SMILES string of the molecule is Cc1ccc(C(=O)N2CCCC(c3nc4ccc(-c5cccnc5)cn4n3)C2)o1. The van der Waals surface area contributed by atoms with E-state index in [-0.39, 0.29) is 11.8 Å². The average Bonchev–Trinajstić information content (AvgIpc) is 3.39. The second-order valence-corrected chi connectivity index (χ2v) is 7.43. The van der Waals surface area contributed by atoms with E-state index in [2.05, 4.69) is 4.98 Å². The number of aromatic nitrogens is 4. The van der Waals surface area contributed by atoms with Crippen LogP contribution in [0.1, 0.15) is 40.9 Å². The van der Waals surface area contributed by atoms with E-state index in [1.54, 1.807) is 12.3 Å². The minimum Gasteiger partial charge on any atom is -0.456 e. The van der Waals surface area contributed by atoms with Gasteiger partial charge in [-0.2, -0.15) is 5.10 Å². The van der Waals surface area contributed by atoms with Crippen molar-refractivity contribution in [2.24, 2.45) is 0 Å². The lowest BCUT2D eigenvalue weighted by Gasteiger charge is -2.30. The van der Waals surface area contributed by atoms with E-state index < -0.39 is 0 Å². The monoisotopic (exact) mass is 387 g/mol. The van der Waals surface area contributed by atoms with E-state index in [1.165, 1.54) is 0 Å². The minimum absolute atomic E-state index is 0.0644. The average molecular weight is 387 g/mol. The molecular formula is C22H21N5O2. The molecule has 1 aliphatic heterocycles. The molecule has 1 unspecified atom stereocenters. The topological polar surface area (TPSA) is 76.5 Å². The zero-order chi connectivity index (χ0) is 19.8. The fraction of sp³-hybridized carbons (Fsp3) is 0.273. The van der Waals surface area contributed by atoms with Gasteiger partial charge in [-0.05, 0) is 50.1 Å². The van der Waals surface area contributed by atoms with Crippen LogP contribution < -0.4 is 0 Å². The van der Waals surface area contributed by atoms with E-state index in [1.807, 2.05) is 59.1 Å². The summed E-state index contributed by atoms with van der Waals surface area (Å²) in [6.07, 6.45) is 7.45. The van der Waals surface area contributed by atoms with Crippen molar-refractivity contribution in [3.8, 4) is 11.1 Å². The van der Waals surface area contributed by atoms with Gasteiger partial charge in [-0.1, -0.05) is 6.07 Å². The standard InChI is InChI=1S/C22H21N5O2/c1-15-6-8-19(29-15)22(28)26-11-3-5-18(13-26)21-24-20-9-7-17(14-27(20)25-21)16-4-2-10-23-12-16/h2,4,6-10,12,14,18H,3,5,11,13H2,1H3. The Balaban J connectivity index is 1.39. The van der Waals surface area contributed by atoms with Gasteiger partial charge >= 0.3 is 0 Å². The van der Waals surface area contributed by atoms with E-state index in [0.29, 0.717) is 12.3 Å². The summed E-state index contributed by atoms with van der Waals surface area (Å²) in [5.74, 6) is 1.97. The number of carbonyl (C=O) groups excluding carboxylic acids is 1. The van der Waals surface area contributed by atoms with Gasteiger partial charge in [-0.3, -0.25) is 9.78 Å². The zero-order valence-electron chi connectivity index (χ0n) is 16.2. The van der Waals surface area contributed by atoms with Crippen LogP contribution in [-0.2, 0) is 0 Å². The van der Waals surface area contributed by atoms with Gasteiger partial charge in [0.1, 0.15) is 5.76 Å². The van der Waals surface area contributed by atoms with Gasteiger partial charge in [-0.25, -0.2) is 9.50 Å². The predicted molar refractivity (Wildman–Crippen MR) is 108 cm³/mol. The highest BCUT2D eigenvalue weighted by molar-refractivity contribution is 5.91. The number of likely N-dealkylation sites (tertiary alicyclic amines) is 1. The number of piperidine rings is 1. The fourth-order valence-corrected chi connectivity index (χ4v) is 3.86. The van der Waals surface area contributed by atoms with Crippen LogP contribution in [0.3, 0.4) is 0 Å². The second kappa shape index (κ2) is 7.16. The quantitative estimate of drug-likeness (QED) is 0.536. The molecule has 0 bridgehead atoms. The lowest BCUT2D eigenvalue weighted by Crippen LogP contribution is -2.39. The van der Waals surface area contributed by atoms with Crippen molar-refractivity contribution in [2.75, 3.05) is 13.1 Å². The van der Waals surface area contributed by atoms with Gasteiger partial charge < -0.3 is 9.32 Å². The van der Waals surface area contributed by atoms with Crippen molar-refractivity contribution >= 4 is 11.6 Å². The first-order valence-electron chi connectivity index (χ1n) is 9.80. The molecule has 146 valence electrons. The Labute approximate surface area is 168 Å². The molecule has 7 nitrogen and oxygen atoms in total. The molecule has 5 heterocycles. The second-order valence-electron chi connectivity index (χ2n) is 7.43. The summed E-state index contributed by atoms with van der Waals surface area (Å²) in [4.78, 5) is 23.5. The minimum atomic E-state index is -0.0644. The van der Waals surface area contributed by atoms with Crippen LogP contribution >= 0.6 is 0 Å². The first kappa shape index (κ1) is 17.6. The number of pyridine rings is 2. The summed E-state index contributed by atoms with van der Waals surface area (Å²) >= 11 is 0. The summed E-state index contributed by atoms with van der Waals surface area (Å²) in [6, 6.07) is 11.5. The molecule has 1 aliphatic rings. The largest absolute Gasteiger partial charge is 0.456 e. The lowest BCUT2D eigenvalue weighted by atomic mass is 9.97. The molecule has 4 aromatic heterocycles. The summed E-state index contributed by atoms with van der Waals surface area (Å²) in [7, 11) is 0. The number of amides is 1. The molecule has 29 heavy (non-hydrogen) atoms. The summed E-state index contributed by atoms with van der Waals surface area (Å²) in [5, 5.41) is 4.72. The van der Waals surface area contributed by atoms with Crippen LogP contribution in [0.4, 0.5) is 0 Å². The molecule has 5 rings (SSSR count). The predicted octanol–water partition coefficient (Wildman–Crippen LogP) is 3.71. The molecule has 4 aromatic rings. The smallest absolute Gasteiger partial charge is 0.289 e. The first-order chi connectivity index (χ1) is 14.2. The van der Waals surface area contributed by atoms with Gasteiger partial charge in [0.05, 0.1) is 0 Å². The van der Waals surface area contributed by atoms with Crippen molar-refractivity contribution in [1.82, 2.24) is 24.5 Å². The maximum absolute atomic E-state index is 12.7. The van der Waals surface area contributed by atoms with Crippen LogP contribution in [-0.4, -0.2) is 43.5 Å². The molecule has 0 aliphatic carbocycles. The van der Waals surface area contributed by atoms with Gasteiger partial charge in [0.2, 0.25) is 0 Å². The normalized spacial score (nSPS) is 17.0. The highest BCUT2D eigenvalue weighted by atomic mass is 16.3. The zero-order valence-corrected chi connectivity index (χ0v) is 16.2. The van der Waals surface area contributed by atoms with Gasteiger partial charge in [0, 0.05) is 48.7 Å². The molecule has 0 spiro atoms.